The van der Waals surface area contributed by atoms with Gasteiger partial charge in [0.1, 0.15) is 11.4 Å². The van der Waals surface area contributed by atoms with E-state index in [0.29, 0.717) is 28.2 Å². The highest BCUT2D eigenvalue weighted by Gasteiger charge is 2.35. The molecule has 1 aliphatic heterocycles. The Bertz CT molecular complexity index is 878. The minimum Gasteiger partial charge on any atom is -0.399 e. The third-order valence-corrected chi connectivity index (χ3v) is 4.70. The molecule has 1 saturated heterocycles. The lowest BCUT2D eigenvalue weighted by molar-refractivity contribution is 0.0948. The Balaban J connectivity index is 1.82. The number of allylic oxidation sites excluding steroid dienone is 2. The summed E-state index contributed by atoms with van der Waals surface area (Å²) in [7, 11) is 0. The largest absolute Gasteiger partial charge is 0.399 e. The van der Waals surface area contributed by atoms with Gasteiger partial charge in [0.25, 0.3) is 0 Å². The molecule has 0 amide bonds. The summed E-state index contributed by atoms with van der Waals surface area (Å²) >= 11 is 0. The van der Waals surface area contributed by atoms with Crippen molar-refractivity contribution in [3.63, 3.8) is 0 Å². The van der Waals surface area contributed by atoms with Crippen molar-refractivity contribution in [1.29, 1.82) is 0 Å². The van der Waals surface area contributed by atoms with Crippen molar-refractivity contribution in [2.75, 3.05) is 24.1 Å². The number of Topliss-reactive ketones (excluding diaryl/α,β-unsaturated/α-hetero) is 2. The molecule has 5 heteroatoms. The van der Waals surface area contributed by atoms with Crippen LogP contribution in [0.3, 0.4) is 0 Å². The van der Waals surface area contributed by atoms with Gasteiger partial charge in [-0.3, -0.25) is 9.59 Å². The third kappa shape index (κ3) is 2.67. The smallest absolute Gasteiger partial charge is 0.212 e. The van der Waals surface area contributed by atoms with Gasteiger partial charge in [-0.2, -0.15) is 0 Å². The number of ketones is 2. The molecular formula is C20H19N3O2. The van der Waals surface area contributed by atoms with Crippen LogP contribution >= 0.6 is 0 Å². The number of carbonyl (C=O) groups excluding carboxylic acids is 2. The Hall–Kier alpha value is -3.08. The predicted octanol–water partition coefficient (Wildman–Crippen LogP) is 3.07. The zero-order valence-electron chi connectivity index (χ0n) is 13.8. The minimum absolute atomic E-state index is 0.0879. The van der Waals surface area contributed by atoms with Crippen LogP contribution in [0.4, 0.5) is 11.4 Å². The van der Waals surface area contributed by atoms with E-state index in [4.69, 9.17) is 5.73 Å². The minimum atomic E-state index is -0.145. The summed E-state index contributed by atoms with van der Waals surface area (Å²) in [5.41, 5.74) is 8.89. The van der Waals surface area contributed by atoms with Crippen molar-refractivity contribution < 1.29 is 9.59 Å². The molecule has 0 spiro atoms. The van der Waals surface area contributed by atoms with Crippen LogP contribution < -0.4 is 11.1 Å². The molecule has 1 aliphatic carbocycles. The standard InChI is InChI=1S/C20H19N3O2/c21-13-7-9-14(10-8-13)22-17-18(23-11-3-4-12-23)20(25)16-6-2-1-5-15(16)19(17)24/h1-2,5-10,22H,3-4,11-12,21H2. The number of nitrogens with two attached hydrogens (primary N) is 1. The van der Waals surface area contributed by atoms with Crippen LogP contribution in [0.5, 0.6) is 0 Å². The lowest BCUT2D eigenvalue weighted by atomic mass is 9.89. The number of nitrogens with one attached hydrogen (secondary N) is 1. The lowest BCUT2D eigenvalue weighted by Gasteiger charge is -2.28. The highest BCUT2D eigenvalue weighted by atomic mass is 16.1. The van der Waals surface area contributed by atoms with Crippen LogP contribution in [0.25, 0.3) is 0 Å². The predicted molar refractivity (Wildman–Crippen MR) is 97.4 cm³/mol. The highest BCUT2D eigenvalue weighted by Crippen LogP contribution is 2.31. The van der Waals surface area contributed by atoms with Gasteiger partial charge >= 0.3 is 0 Å². The van der Waals surface area contributed by atoms with Gasteiger partial charge in [0, 0.05) is 35.6 Å². The summed E-state index contributed by atoms with van der Waals surface area (Å²) in [4.78, 5) is 28.2. The lowest BCUT2D eigenvalue weighted by Crippen LogP contribution is -2.35. The van der Waals surface area contributed by atoms with E-state index in [1.165, 1.54) is 0 Å². The van der Waals surface area contributed by atoms with Crippen molar-refractivity contribution in [2.24, 2.45) is 0 Å². The third-order valence-electron chi connectivity index (χ3n) is 4.70. The number of carbonyl (C=O) groups is 2. The first kappa shape index (κ1) is 15.4. The first-order chi connectivity index (χ1) is 12.1. The molecule has 25 heavy (non-hydrogen) atoms. The second-order valence-electron chi connectivity index (χ2n) is 6.37. The molecular weight excluding hydrogens is 314 g/mol. The van der Waals surface area contributed by atoms with Gasteiger partial charge in [-0.05, 0) is 37.1 Å². The van der Waals surface area contributed by atoms with E-state index in [2.05, 4.69) is 5.32 Å². The van der Waals surface area contributed by atoms with Gasteiger partial charge in [-0.1, -0.05) is 24.3 Å². The first-order valence-corrected chi connectivity index (χ1v) is 8.45. The Kier molecular flexibility index (Phi) is 3.76. The van der Waals surface area contributed by atoms with Gasteiger partial charge in [0.2, 0.25) is 11.6 Å². The van der Waals surface area contributed by atoms with E-state index in [0.717, 1.165) is 31.6 Å². The summed E-state index contributed by atoms with van der Waals surface area (Å²) in [5.74, 6) is -0.232. The number of nitrogens with zero attached hydrogens (tertiary/aromatic N) is 1. The maximum Gasteiger partial charge on any atom is 0.212 e. The molecule has 2 aromatic carbocycles. The van der Waals surface area contributed by atoms with Crippen LogP contribution in [0.2, 0.25) is 0 Å². The number of nitrogen functional groups attached to an aromatic ring is 1. The van der Waals surface area contributed by atoms with Gasteiger partial charge in [0.05, 0.1) is 0 Å². The second kappa shape index (κ2) is 6.09. The Morgan fingerprint density at radius 3 is 2.08 bits per heavy atom. The molecule has 1 heterocycles. The number of hydrogen-bond donors (Lipinski definition) is 2. The normalized spacial score (nSPS) is 17.0. The fourth-order valence-corrected chi connectivity index (χ4v) is 3.43. The maximum atomic E-state index is 13.1. The molecule has 0 bridgehead atoms. The number of likely N-dealkylation sites (tertiary alicyclic amines) is 1. The molecule has 0 atom stereocenters. The maximum absolute atomic E-state index is 13.1. The monoisotopic (exact) mass is 333 g/mol. The van der Waals surface area contributed by atoms with E-state index in [1.54, 1.807) is 36.4 Å². The molecule has 0 aromatic heterocycles. The topological polar surface area (TPSA) is 75.4 Å². The molecule has 4 rings (SSSR count). The van der Waals surface area contributed by atoms with Crippen LogP contribution in [0.1, 0.15) is 33.6 Å². The van der Waals surface area contributed by atoms with Crippen LogP contribution in [-0.2, 0) is 0 Å². The zero-order valence-corrected chi connectivity index (χ0v) is 13.8. The van der Waals surface area contributed by atoms with Crippen LogP contribution in [0.15, 0.2) is 59.9 Å². The summed E-state index contributed by atoms with van der Waals surface area (Å²) in [6, 6.07) is 14.2. The van der Waals surface area contributed by atoms with Gasteiger partial charge in [0.15, 0.2) is 0 Å². The van der Waals surface area contributed by atoms with E-state index in [9.17, 15) is 9.59 Å². The molecule has 2 aliphatic rings. The van der Waals surface area contributed by atoms with E-state index >= 15 is 0 Å². The van der Waals surface area contributed by atoms with Crippen molar-refractivity contribution in [2.45, 2.75) is 12.8 Å². The fraction of sp³-hybridized carbons (Fsp3) is 0.200. The van der Waals surface area contributed by atoms with Crippen LogP contribution in [0, 0.1) is 0 Å². The first-order valence-electron chi connectivity index (χ1n) is 8.45. The number of hydrogen-bond acceptors (Lipinski definition) is 5. The Morgan fingerprint density at radius 1 is 0.840 bits per heavy atom. The molecule has 0 radical (unpaired) electrons. The molecule has 5 nitrogen and oxygen atoms in total. The highest BCUT2D eigenvalue weighted by molar-refractivity contribution is 6.27. The van der Waals surface area contributed by atoms with Gasteiger partial charge < -0.3 is 16.0 Å². The molecule has 1 fully saturated rings. The molecule has 0 unspecified atom stereocenters. The second-order valence-corrected chi connectivity index (χ2v) is 6.37. The molecule has 2 aromatic rings. The van der Waals surface area contributed by atoms with Gasteiger partial charge in [-0.15, -0.1) is 0 Å². The van der Waals surface area contributed by atoms with E-state index in [-0.39, 0.29) is 11.6 Å². The quantitative estimate of drug-likeness (QED) is 0.844. The summed E-state index contributed by atoms with van der Waals surface area (Å²) in [5, 5.41) is 3.17. The summed E-state index contributed by atoms with van der Waals surface area (Å²) in [6.45, 7) is 1.59. The van der Waals surface area contributed by atoms with Gasteiger partial charge in [-0.25, -0.2) is 0 Å². The molecule has 3 N–H and O–H groups in total. The number of fused-ring (bicyclic) bond motifs is 1. The number of benzene rings is 2. The van der Waals surface area contributed by atoms with Crippen molar-refractivity contribution in [1.82, 2.24) is 4.90 Å². The fourth-order valence-electron chi connectivity index (χ4n) is 3.43. The summed E-state index contributed by atoms with van der Waals surface area (Å²) < 4.78 is 0. The van der Waals surface area contributed by atoms with Crippen molar-refractivity contribution in [3.8, 4) is 0 Å². The number of anilines is 2. The van der Waals surface area contributed by atoms with E-state index < -0.39 is 0 Å². The van der Waals surface area contributed by atoms with Crippen molar-refractivity contribution >= 4 is 22.9 Å². The SMILES string of the molecule is Nc1ccc(NC2=C(N3CCCC3)C(=O)c3ccccc3C2=O)cc1. The van der Waals surface area contributed by atoms with Crippen molar-refractivity contribution in [3.05, 3.63) is 71.1 Å². The molecule has 0 saturated carbocycles. The average Bonchev–Trinajstić information content (AvgIpc) is 3.15. The zero-order chi connectivity index (χ0) is 17.4. The Morgan fingerprint density at radius 2 is 1.44 bits per heavy atom. The number of rotatable bonds is 3. The molecule has 126 valence electrons. The average molecular weight is 333 g/mol. The van der Waals surface area contributed by atoms with Crippen LogP contribution in [-0.4, -0.2) is 29.6 Å². The Labute approximate surface area is 146 Å². The van der Waals surface area contributed by atoms with E-state index in [1.807, 2.05) is 17.0 Å². The summed E-state index contributed by atoms with van der Waals surface area (Å²) in [6.07, 6.45) is 2.06.